The second-order valence-corrected chi connectivity index (χ2v) is 4.56. The first-order chi connectivity index (χ1) is 8.16. The highest BCUT2D eigenvalue weighted by molar-refractivity contribution is 5.78. The highest BCUT2D eigenvalue weighted by atomic mass is 16.2. The van der Waals surface area contributed by atoms with Crippen molar-refractivity contribution in [2.75, 3.05) is 31.6 Å². The maximum Gasteiger partial charge on any atom is 0.222 e. The number of aryl methyl sites for hydroxylation is 1. The minimum atomic E-state index is 0.292. The Morgan fingerprint density at radius 2 is 2.29 bits per heavy atom. The molecule has 0 aromatic carbocycles. The van der Waals surface area contributed by atoms with Gasteiger partial charge in [0.05, 0.1) is 11.9 Å². The number of carbonyl (C=O) groups is 1. The summed E-state index contributed by atoms with van der Waals surface area (Å²) in [7, 11) is 2.03. The summed E-state index contributed by atoms with van der Waals surface area (Å²) in [5.74, 6) is 0.292. The second-order valence-electron chi connectivity index (χ2n) is 4.56. The van der Waals surface area contributed by atoms with E-state index in [9.17, 15) is 4.79 Å². The van der Waals surface area contributed by atoms with Gasteiger partial charge in [0, 0.05) is 38.8 Å². The largest absolute Gasteiger partial charge is 0.372 e. The molecule has 1 saturated heterocycles. The van der Waals surface area contributed by atoms with Crippen molar-refractivity contribution in [2.24, 2.45) is 0 Å². The molecule has 1 aromatic rings. The summed E-state index contributed by atoms with van der Waals surface area (Å²) in [6, 6.07) is 4.07. The summed E-state index contributed by atoms with van der Waals surface area (Å²) >= 11 is 0. The number of hydrogen-bond acceptors (Lipinski definition) is 3. The van der Waals surface area contributed by atoms with Crippen LogP contribution >= 0.6 is 0 Å². The van der Waals surface area contributed by atoms with E-state index >= 15 is 0 Å². The van der Waals surface area contributed by atoms with E-state index in [2.05, 4.69) is 16.0 Å². The molecule has 0 unspecified atom stereocenters. The summed E-state index contributed by atoms with van der Waals surface area (Å²) in [4.78, 5) is 19.8. The van der Waals surface area contributed by atoms with Gasteiger partial charge >= 0.3 is 0 Å². The van der Waals surface area contributed by atoms with Crippen molar-refractivity contribution in [3.8, 4) is 0 Å². The van der Waals surface area contributed by atoms with Crippen LogP contribution < -0.4 is 4.90 Å². The lowest BCUT2D eigenvalue weighted by Gasteiger charge is -2.23. The SMILES string of the molecule is Cc1ccc(N(C)CCN2CCCC2=O)cn1. The predicted octanol–water partition coefficient (Wildman–Crippen LogP) is 1.45. The fourth-order valence-electron chi connectivity index (χ4n) is 2.03. The maximum absolute atomic E-state index is 11.5. The van der Waals surface area contributed by atoms with E-state index in [0.717, 1.165) is 43.9 Å². The van der Waals surface area contributed by atoms with Crippen LogP contribution in [0.2, 0.25) is 0 Å². The summed E-state index contributed by atoms with van der Waals surface area (Å²) in [6.07, 6.45) is 3.60. The monoisotopic (exact) mass is 233 g/mol. The Morgan fingerprint density at radius 3 is 2.88 bits per heavy atom. The molecule has 2 rings (SSSR count). The molecule has 0 radical (unpaired) electrons. The molecule has 92 valence electrons. The molecule has 0 saturated carbocycles. The van der Waals surface area contributed by atoms with Crippen molar-refractivity contribution >= 4 is 11.6 Å². The summed E-state index contributed by atoms with van der Waals surface area (Å²) < 4.78 is 0. The molecule has 1 aliphatic heterocycles. The fraction of sp³-hybridized carbons (Fsp3) is 0.538. The van der Waals surface area contributed by atoms with Crippen LogP contribution in [-0.4, -0.2) is 42.5 Å². The number of aromatic nitrogens is 1. The van der Waals surface area contributed by atoms with Crippen molar-refractivity contribution < 1.29 is 4.79 Å². The van der Waals surface area contributed by atoms with E-state index in [1.54, 1.807) is 0 Å². The highest BCUT2D eigenvalue weighted by Crippen LogP contribution is 2.13. The fourth-order valence-corrected chi connectivity index (χ4v) is 2.03. The van der Waals surface area contributed by atoms with Crippen molar-refractivity contribution in [1.29, 1.82) is 0 Å². The molecular formula is C13H19N3O. The molecule has 17 heavy (non-hydrogen) atoms. The maximum atomic E-state index is 11.5. The van der Waals surface area contributed by atoms with Crippen LogP contribution in [0.15, 0.2) is 18.3 Å². The number of nitrogens with zero attached hydrogens (tertiary/aromatic N) is 3. The zero-order valence-electron chi connectivity index (χ0n) is 10.5. The van der Waals surface area contributed by atoms with Crippen molar-refractivity contribution in [3.05, 3.63) is 24.0 Å². The topological polar surface area (TPSA) is 36.4 Å². The van der Waals surface area contributed by atoms with Crippen LogP contribution in [0.4, 0.5) is 5.69 Å². The Morgan fingerprint density at radius 1 is 1.47 bits per heavy atom. The Balaban J connectivity index is 1.86. The van der Waals surface area contributed by atoms with E-state index in [-0.39, 0.29) is 0 Å². The van der Waals surface area contributed by atoms with Gasteiger partial charge in [-0.2, -0.15) is 0 Å². The van der Waals surface area contributed by atoms with E-state index in [4.69, 9.17) is 0 Å². The lowest BCUT2D eigenvalue weighted by Crippen LogP contribution is -2.34. The van der Waals surface area contributed by atoms with Gasteiger partial charge < -0.3 is 9.80 Å². The third kappa shape index (κ3) is 2.96. The molecule has 0 N–H and O–H groups in total. The van der Waals surface area contributed by atoms with Gasteiger partial charge in [0.15, 0.2) is 0 Å². The Kier molecular flexibility index (Phi) is 3.61. The number of rotatable bonds is 4. The smallest absolute Gasteiger partial charge is 0.222 e. The lowest BCUT2D eigenvalue weighted by molar-refractivity contribution is -0.127. The number of carbonyl (C=O) groups excluding carboxylic acids is 1. The summed E-state index contributed by atoms with van der Waals surface area (Å²) in [5.41, 5.74) is 2.12. The molecule has 4 nitrogen and oxygen atoms in total. The minimum Gasteiger partial charge on any atom is -0.372 e. The van der Waals surface area contributed by atoms with Crippen LogP contribution in [0.25, 0.3) is 0 Å². The Labute approximate surface area is 102 Å². The molecule has 0 atom stereocenters. The van der Waals surface area contributed by atoms with Crippen LogP contribution in [-0.2, 0) is 4.79 Å². The third-order valence-corrected chi connectivity index (χ3v) is 3.21. The Hall–Kier alpha value is -1.58. The Bertz CT molecular complexity index is 388. The summed E-state index contributed by atoms with van der Waals surface area (Å²) in [5, 5.41) is 0. The van der Waals surface area contributed by atoms with Gasteiger partial charge in [0.2, 0.25) is 5.91 Å². The van der Waals surface area contributed by atoms with Gasteiger partial charge in [-0.3, -0.25) is 9.78 Å². The lowest BCUT2D eigenvalue weighted by atomic mass is 10.3. The van der Waals surface area contributed by atoms with Gasteiger partial charge in [-0.05, 0) is 25.5 Å². The van der Waals surface area contributed by atoms with Crippen molar-refractivity contribution in [1.82, 2.24) is 9.88 Å². The number of hydrogen-bond donors (Lipinski definition) is 0. The van der Waals surface area contributed by atoms with E-state index in [1.165, 1.54) is 0 Å². The van der Waals surface area contributed by atoms with Gasteiger partial charge in [-0.25, -0.2) is 0 Å². The number of anilines is 1. The second kappa shape index (κ2) is 5.17. The molecule has 0 aliphatic carbocycles. The van der Waals surface area contributed by atoms with Crippen LogP contribution in [0, 0.1) is 6.92 Å². The van der Waals surface area contributed by atoms with Gasteiger partial charge in [-0.15, -0.1) is 0 Å². The first-order valence-corrected chi connectivity index (χ1v) is 6.08. The molecule has 1 aromatic heterocycles. The van der Waals surface area contributed by atoms with Crippen molar-refractivity contribution in [3.63, 3.8) is 0 Å². The van der Waals surface area contributed by atoms with E-state index in [1.807, 2.05) is 31.1 Å². The standard InChI is InChI=1S/C13H19N3O/c1-11-5-6-12(10-14-11)15(2)8-9-16-7-3-4-13(16)17/h5-6,10H,3-4,7-9H2,1-2H3. The van der Waals surface area contributed by atoms with E-state index < -0.39 is 0 Å². The molecule has 4 heteroatoms. The van der Waals surface area contributed by atoms with E-state index in [0.29, 0.717) is 5.91 Å². The zero-order valence-corrected chi connectivity index (χ0v) is 10.5. The molecule has 1 amide bonds. The number of pyridine rings is 1. The van der Waals surface area contributed by atoms with Gasteiger partial charge in [0.25, 0.3) is 0 Å². The molecule has 1 aliphatic rings. The molecule has 2 heterocycles. The first kappa shape index (κ1) is 11.9. The van der Waals surface area contributed by atoms with Crippen molar-refractivity contribution in [2.45, 2.75) is 19.8 Å². The van der Waals surface area contributed by atoms with Crippen LogP contribution in [0.3, 0.4) is 0 Å². The van der Waals surface area contributed by atoms with Crippen LogP contribution in [0.1, 0.15) is 18.5 Å². The number of amides is 1. The van der Waals surface area contributed by atoms with Gasteiger partial charge in [0.1, 0.15) is 0 Å². The third-order valence-electron chi connectivity index (χ3n) is 3.21. The normalized spacial score (nSPS) is 15.4. The molecule has 0 spiro atoms. The summed E-state index contributed by atoms with van der Waals surface area (Å²) in [6.45, 7) is 4.56. The number of likely N-dealkylation sites (tertiary alicyclic amines) is 1. The highest BCUT2D eigenvalue weighted by Gasteiger charge is 2.19. The minimum absolute atomic E-state index is 0.292. The predicted molar refractivity (Wildman–Crippen MR) is 68.1 cm³/mol. The zero-order chi connectivity index (χ0) is 12.3. The number of likely N-dealkylation sites (N-methyl/N-ethyl adjacent to an activating group) is 1. The van der Waals surface area contributed by atoms with Crippen LogP contribution in [0.5, 0.6) is 0 Å². The molecule has 1 fully saturated rings. The first-order valence-electron chi connectivity index (χ1n) is 6.08. The molecule has 0 bridgehead atoms. The average molecular weight is 233 g/mol. The average Bonchev–Trinajstić information content (AvgIpc) is 2.73. The quantitative estimate of drug-likeness (QED) is 0.789. The van der Waals surface area contributed by atoms with Gasteiger partial charge in [-0.1, -0.05) is 0 Å². The molecular weight excluding hydrogens is 214 g/mol.